The molecule has 0 aliphatic rings. The predicted molar refractivity (Wildman–Crippen MR) is 123 cm³/mol. The largest absolute Gasteiger partial charge is 0.462 e. The number of ether oxygens (including phenoxy) is 1. The summed E-state index contributed by atoms with van der Waals surface area (Å²) in [5, 5.41) is 12.1. The lowest BCUT2D eigenvalue weighted by molar-refractivity contribution is -0.113. The number of hydrogen-bond donors (Lipinski definition) is 1. The van der Waals surface area contributed by atoms with Crippen LogP contribution in [0.1, 0.15) is 34.0 Å². The SMILES string of the molecule is CCOC(=O)c1ccc(NC(=O)CSc2ccc(-c3cc(C)c(C)cc3C)nn2)cc1. The van der Waals surface area contributed by atoms with Crippen LogP contribution in [0.15, 0.2) is 53.6 Å². The average Bonchev–Trinajstić information content (AvgIpc) is 2.76. The van der Waals surface area contributed by atoms with Crippen molar-refractivity contribution in [1.82, 2.24) is 10.2 Å². The highest BCUT2D eigenvalue weighted by atomic mass is 32.2. The number of aryl methyl sites for hydroxylation is 3. The van der Waals surface area contributed by atoms with Crippen molar-refractivity contribution < 1.29 is 14.3 Å². The van der Waals surface area contributed by atoms with Gasteiger partial charge in [0.25, 0.3) is 0 Å². The fourth-order valence-corrected chi connectivity index (χ4v) is 3.63. The Labute approximate surface area is 186 Å². The Morgan fingerprint density at radius 3 is 2.29 bits per heavy atom. The van der Waals surface area contributed by atoms with Gasteiger partial charge in [0.1, 0.15) is 5.03 Å². The third kappa shape index (κ3) is 5.92. The topological polar surface area (TPSA) is 81.2 Å². The van der Waals surface area contributed by atoms with Gasteiger partial charge in [0, 0.05) is 11.3 Å². The third-order valence-electron chi connectivity index (χ3n) is 4.79. The molecule has 3 rings (SSSR count). The second kappa shape index (κ2) is 10.2. The van der Waals surface area contributed by atoms with E-state index in [0.717, 1.165) is 16.8 Å². The first kappa shape index (κ1) is 22.5. The van der Waals surface area contributed by atoms with Crippen LogP contribution in [-0.4, -0.2) is 34.4 Å². The van der Waals surface area contributed by atoms with Gasteiger partial charge >= 0.3 is 5.97 Å². The van der Waals surface area contributed by atoms with Gasteiger partial charge in [-0.05, 0) is 86.8 Å². The number of anilines is 1. The van der Waals surface area contributed by atoms with E-state index in [1.165, 1.54) is 22.9 Å². The average molecular weight is 436 g/mol. The van der Waals surface area contributed by atoms with Crippen LogP contribution in [-0.2, 0) is 9.53 Å². The number of carbonyl (C=O) groups excluding carboxylic acids is 2. The number of carbonyl (C=O) groups is 2. The number of thioether (sulfide) groups is 1. The van der Waals surface area contributed by atoms with Crippen molar-refractivity contribution in [2.45, 2.75) is 32.7 Å². The number of aromatic nitrogens is 2. The fourth-order valence-electron chi connectivity index (χ4n) is 3.02. The summed E-state index contributed by atoms with van der Waals surface area (Å²) in [7, 11) is 0. The van der Waals surface area contributed by atoms with Crippen molar-refractivity contribution in [3.63, 3.8) is 0 Å². The molecule has 1 aromatic heterocycles. The summed E-state index contributed by atoms with van der Waals surface area (Å²) in [6, 6.07) is 14.7. The van der Waals surface area contributed by atoms with Gasteiger partial charge in [-0.3, -0.25) is 4.79 Å². The number of rotatable bonds is 7. The number of nitrogens with zero attached hydrogens (tertiary/aromatic N) is 2. The van der Waals surface area contributed by atoms with Crippen LogP contribution in [0.3, 0.4) is 0 Å². The van der Waals surface area contributed by atoms with Crippen molar-refractivity contribution in [2.75, 3.05) is 17.7 Å². The molecule has 0 aliphatic carbocycles. The molecule has 1 amide bonds. The van der Waals surface area contributed by atoms with E-state index in [0.29, 0.717) is 22.9 Å². The van der Waals surface area contributed by atoms with Gasteiger partial charge < -0.3 is 10.1 Å². The molecule has 0 atom stereocenters. The Kier molecular flexibility index (Phi) is 7.41. The van der Waals surface area contributed by atoms with Crippen LogP contribution in [0, 0.1) is 20.8 Å². The van der Waals surface area contributed by atoms with E-state index in [9.17, 15) is 9.59 Å². The molecule has 6 nitrogen and oxygen atoms in total. The van der Waals surface area contributed by atoms with Crippen molar-refractivity contribution in [2.24, 2.45) is 0 Å². The molecular formula is C24H25N3O3S. The quantitative estimate of drug-likeness (QED) is 0.417. The van der Waals surface area contributed by atoms with Gasteiger partial charge in [-0.25, -0.2) is 4.79 Å². The second-order valence-electron chi connectivity index (χ2n) is 7.14. The molecule has 0 bridgehead atoms. The van der Waals surface area contributed by atoms with Crippen LogP contribution in [0.25, 0.3) is 11.3 Å². The smallest absolute Gasteiger partial charge is 0.338 e. The Balaban J connectivity index is 1.56. The monoisotopic (exact) mass is 435 g/mol. The Hall–Kier alpha value is -3.19. The molecule has 0 fully saturated rings. The van der Waals surface area contributed by atoms with E-state index < -0.39 is 0 Å². The second-order valence-corrected chi connectivity index (χ2v) is 8.14. The molecule has 0 aliphatic heterocycles. The lowest BCUT2D eigenvalue weighted by atomic mass is 9.99. The first-order valence-electron chi connectivity index (χ1n) is 9.99. The summed E-state index contributed by atoms with van der Waals surface area (Å²) in [6.07, 6.45) is 0. The van der Waals surface area contributed by atoms with Gasteiger partial charge in [-0.1, -0.05) is 17.8 Å². The van der Waals surface area contributed by atoms with Crippen LogP contribution < -0.4 is 5.32 Å². The van der Waals surface area contributed by atoms with Crippen LogP contribution in [0.5, 0.6) is 0 Å². The lowest BCUT2D eigenvalue weighted by Crippen LogP contribution is -2.14. The summed E-state index contributed by atoms with van der Waals surface area (Å²) in [5.41, 5.74) is 6.57. The van der Waals surface area contributed by atoms with Gasteiger partial charge in [0.05, 0.1) is 23.6 Å². The third-order valence-corrected chi connectivity index (χ3v) is 5.71. The highest BCUT2D eigenvalue weighted by molar-refractivity contribution is 7.99. The molecule has 1 heterocycles. The molecular weight excluding hydrogens is 410 g/mol. The standard InChI is InChI=1S/C24H25N3O3S/c1-5-30-24(29)18-6-8-19(9-7-18)25-22(28)14-31-23-11-10-21(26-27-23)20-13-16(3)15(2)12-17(20)4/h6-13H,5,14H2,1-4H3,(H,25,28). The minimum atomic E-state index is -0.381. The summed E-state index contributed by atoms with van der Waals surface area (Å²) in [5.74, 6) is -0.338. The van der Waals surface area contributed by atoms with E-state index in [1.807, 2.05) is 12.1 Å². The first-order valence-corrected chi connectivity index (χ1v) is 11.0. The molecule has 0 radical (unpaired) electrons. The van der Waals surface area contributed by atoms with E-state index in [1.54, 1.807) is 31.2 Å². The van der Waals surface area contributed by atoms with E-state index >= 15 is 0 Å². The maximum Gasteiger partial charge on any atom is 0.338 e. The van der Waals surface area contributed by atoms with Gasteiger partial charge in [0.2, 0.25) is 5.91 Å². The number of esters is 1. The minimum absolute atomic E-state index is 0.162. The van der Waals surface area contributed by atoms with Crippen LogP contribution in [0.4, 0.5) is 5.69 Å². The maximum atomic E-state index is 12.2. The minimum Gasteiger partial charge on any atom is -0.462 e. The lowest BCUT2D eigenvalue weighted by Gasteiger charge is -2.09. The summed E-state index contributed by atoms with van der Waals surface area (Å²) >= 11 is 1.32. The van der Waals surface area contributed by atoms with E-state index in [2.05, 4.69) is 48.4 Å². The van der Waals surface area contributed by atoms with Crippen LogP contribution in [0.2, 0.25) is 0 Å². The van der Waals surface area contributed by atoms with Crippen molar-refractivity contribution in [3.8, 4) is 11.3 Å². The summed E-state index contributed by atoms with van der Waals surface area (Å²) in [4.78, 5) is 23.9. The number of amides is 1. The predicted octanol–water partition coefficient (Wildman–Crippen LogP) is 4.98. The van der Waals surface area contributed by atoms with Gasteiger partial charge in [-0.2, -0.15) is 0 Å². The maximum absolute atomic E-state index is 12.2. The number of benzene rings is 2. The normalized spacial score (nSPS) is 10.6. The molecule has 1 N–H and O–H groups in total. The fraction of sp³-hybridized carbons (Fsp3) is 0.250. The molecule has 2 aromatic carbocycles. The zero-order chi connectivity index (χ0) is 22.4. The zero-order valence-electron chi connectivity index (χ0n) is 18.1. The number of nitrogens with one attached hydrogen (secondary N) is 1. The van der Waals surface area contributed by atoms with Gasteiger partial charge in [0.15, 0.2) is 0 Å². The Morgan fingerprint density at radius 2 is 1.65 bits per heavy atom. The molecule has 7 heteroatoms. The summed E-state index contributed by atoms with van der Waals surface area (Å²) < 4.78 is 4.95. The van der Waals surface area contributed by atoms with E-state index in [4.69, 9.17) is 4.74 Å². The van der Waals surface area contributed by atoms with Gasteiger partial charge in [-0.15, -0.1) is 10.2 Å². The molecule has 3 aromatic rings. The van der Waals surface area contributed by atoms with E-state index in [-0.39, 0.29) is 17.6 Å². The highest BCUT2D eigenvalue weighted by Gasteiger charge is 2.10. The zero-order valence-corrected chi connectivity index (χ0v) is 18.9. The molecule has 0 spiro atoms. The Morgan fingerprint density at radius 1 is 0.935 bits per heavy atom. The van der Waals surface area contributed by atoms with Crippen molar-refractivity contribution >= 4 is 29.3 Å². The molecule has 0 saturated carbocycles. The molecule has 0 saturated heterocycles. The molecule has 31 heavy (non-hydrogen) atoms. The van der Waals surface area contributed by atoms with Crippen molar-refractivity contribution in [3.05, 3.63) is 70.8 Å². The van der Waals surface area contributed by atoms with Crippen molar-refractivity contribution in [1.29, 1.82) is 0 Å². The number of hydrogen-bond acceptors (Lipinski definition) is 6. The molecule has 0 unspecified atom stereocenters. The summed E-state index contributed by atoms with van der Waals surface area (Å²) in [6.45, 7) is 8.32. The van der Waals surface area contributed by atoms with Crippen LogP contribution >= 0.6 is 11.8 Å². The highest BCUT2D eigenvalue weighted by Crippen LogP contribution is 2.25. The molecule has 160 valence electrons. The first-order chi connectivity index (χ1) is 14.9. The Bertz CT molecular complexity index is 1080.